The number of esters is 1. The largest absolute Gasteiger partial charge is 0.493 e. The Bertz CT molecular complexity index is 1870. The lowest BCUT2D eigenvalue weighted by molar-refractivity contribution is -0.832. The van der Waals surface area contributed by atoms with Gasteiger partial charge in [-0.1, -0.05) is 51.1 Å². The third-order valence-corrected chi connectivity index (χ3v) is 10.3. The number of carbonyl (C=O) groups is 1. The summed E-state index contributed by atoms with van der Waals surface area (Å²) >= 11 is 5.19. The van der Waals surface area contributed by atoms with Crippen LogP contribution in [0.4, 0.5) is 5.69 Å². The van der Waals surface area contributed by atoms with Crippen molar-refractivity contribution < 1.29 is 37.0 Å². The van der Waals surface area contributed by atoms with E-state index in [2.05, 4.69) is 9.79 Å². The van der Waals surface area contributed by atoms with Gasteiger partial charge in [0, 0.05) is 17.0 Å². The Morgan fingerprint density at radius 3 is 2.45 bits per heavy atom. The second-order valence-electron chi connectivity index (χ2n) is 8.57. The van der Waals surface area contributed by atoms with Crippen LogP contribution in [0.5, 0.6) is 17.4 Å². The summed E-state index contributed by atoms with van der Waals surface area (Å²) in [5.74, 6) is -0.560. The number of ether oxygens (including phenoxy) is 3. The van der Waals surface area contributed by atoms with Gasteiger partial charge in [0.25, 0.3) is 9.84 Å². The Morgan fingerprint density at radius 1 is 1.00 bits per heavy atom. The van der Waals surface area contributed by atoms with E-state index in [1.165, 1.54) is 40.7 Å². The van der Waals surface area contributed by atoms with Gasteiger partial charge in [-0.15, -0.1) is 0 Å². The molecular formula is C27H21N3O8S4. The van der Waals surface area contributed by atoms with E-state index in [1.807, 2.05) is 18.2 Å². The van der Waals surface area contributed by atoms with Crippen molar-refractivity contribution in [2.24, 2.45) is 0 Å². The van der Waals surface area contributed by atoms with Gasteiger partial charge in [-0.3, -0.25) is 4.63 Å². The number of anilines is 1. The van der Waals surface area contributed by atoms with Gasteiger partial charge in [0.05, 0.1) is 23.3 Å². The maximum atomic E-state index is 13.0. The highest BCUT2D eigenvalue weighted by Gasteiger charge is 2.35. The highest BCUT2D eigenvalue weighted by Crippen LogP contribution is 2.31. The number of hydrogen-bond donors (Lipinski definition) is 1. The number of nitrogens with zero attached hydrogens (tertiary/aromatic N) is 2. The zero-order chi connectivity index (χ0) is 29.7. The molecule has 42 heavy (non-hydrogen) atoms. The molecule has 2 aromatic heterocycles. The van der Waals surface area contributed by atoms with Gasteiger partial charge in [-0.05, 0) is 71.1 Å². The van der Waals surface area contributed by atoms with E-state index in [4.69, 9.17) is 32.2 Å². The number of benzene rings is 3. The first-order valence-corrected chi connectivity index (χ1v) is 16.2. The van der Waals surface area contributed by atoms with Crippen molar-refractivity contribution in [1.29, 1.82) is 0 Å². The summed E-state index contributed by atoms with van der Waals surface area (Å²) in [7, 11) is -1.14. The van der Waals surface area contributed by atoms with Gasteiger partial charge in [0.2, 0.25) is 0 Å². The molecule has 0 aliphatic heterocycles. The Balaban J connectivity index is 1.19. The Hall–Kier alpha value is -4.31. The first-order chi connectivity index (χ1) is 20.2. The zero-order valence-corrected chi connectivity index (χ0v) is 24.8. The number of sulfone groups is 1. The van der Waals surface area contributed by atoms with Gasteiger partial charge < -0.3 is 25.2 Å². The molecule has 2 N–H and O–H groups in total. The van der Waals surface area contributed by atoms with Crippen LogP contribution in [0.2, 0.25) is 0 Å². The third-order valence-electron chi connectivity index (χ3n) is 5.68. The van der Waals surface area contributed by atoms with E-state index in [9.17, 15) is 18.4 Å². The summed E-state index contributed by atoms with van der Waals surface area (Å²) in [6.45, 7) is 0.00440. The van der Waals surface area contributed by atoms with Crippen molar-refractivity contribution >= 4 is 54.4 Å². The third kappa shape index (κ3) is 6.60. The van der Waals surface area contributed by atoms with Gasteiger partial charge >= 0.3 is 16.9 Å². The minimum absolute atomic E-state index is 0.0666. The number of aromatic nitrogens is 2. The summed E-state index contributed by atoms with van der Waals surface area (Å²) in [4.78, 5) is 13.7. The summed E-state index contributed by atoms with van der Waals surface area (Å²) < 4.78 is 47.7. The molecule has 0 amide bonds. The second-order valence-corrected chi connectivity index (χ2v) is 13.3. The van der Waals surface area contributed by atoms with Gasteiger partial charge in [-0.2, -0.15) is 0 Å². The number of carbonyl (C=O) groups excluding carboxylic acids is 1. The van der Waals surface area contributed by atoms with Gasteiger partial charge in [0.15, 0.2) is 0 Å². The van der Waals surface area contributed by atoms with E-state index in [0.29, 0.717) is 11.4 Å². The van der Waals surface area contributed by atoms with Gasteiger partial charge in [0.1, 0.15) is 20.9 Å². The molecule has 0 atom stereocenters. The lowest BCUT2D eigenvalue weighted by Crippen LogP contribution is -2.31. The molecule has 0 radical (unpaired) electrons. The van der Waals surface area contributed by atoms with Gasteiger partial charge in [-0.25, -0.2) is 13.2 Å². The number of rotatable bonds is 11. The molecule has 15 heteroatoms. The molecule has 5 aromatic rings. The number of nitrogen functional groups attached to an aromatic ring is 1. The van der Waals surface area contributed by atoms with Crippen LogP contribution < -0.4 is 24.8 Å². The maximum absolute atomic E-state index is 13.0. The van der Waals surface area contributed by atoms with E-state index < -0.39 is 26.7 Å². The van der Waals surface area contributed by atoms with Crippen LogP contribution >= 0.6 is 32.9 Å². The Morgan fingerprint density at radius 2 is 1.74 bits per heavy atom. The Kier molecular flexibility index (Phi) is 8.82. The van der Waals surface area contributed by atoms with Crippen LogP contribution in [0.15, 0.2) is 93.4 Å². The molecule has 0 aliphatic rings. The Labute approximate surface area is 252 Å². The predicted octanol–water partition coefficient (Wildman–Crippen LogP) is 5.31. The van der Waals surface area contributed by atoms with Crippen molar-refractivity contribution in [3.05, 3.63) is 93.5 Å². The van der Waals surface area contributed by atoms with Crippen molar-refractivity contribution in [1.82, 2.24) is 5.16 Å². The summed E-state index contributed by atoms with van der Waals surface area (Å²) in [6.07, 6.45) is 0.243. The first-order valence-electron chi connectivity index (χ1n) is 12.2. The molecule has 0 saturated carbocycles. The summed E-state index contributed by atoms with van der Waals surface area (Å²) in [5, 5.41) is 14.7. The first kappa shape index (κ1) is 29.2. The monoisotopic (exact) mass is 643 g/mol. The second kappa shape index (κ2) is 12.7. The summed E-state index contributed by atoms with van der Waals surface area (Å²) in [5.41, 5.74) is 7.32. The van der Waals surface area contributed by atoms with Crippen molar-refractivity contribution in [3.63, 3.8) is 0 Å². The topological polar surface area (TPSA) is 158 Å². The minimum atomic E-state index is -4.23. The molecule has 0 bridgehead atoms. The van der Waals surface area contributed by atoms with E-state index >= 15 is 0 Å². The van der Waals surface area contributed by atoms with E-state index in [0.717, 1.165) is 14.3 Å². The highest BCUT2D eigenvalue weighted by atomic mass is 32.9. The van der Waals surface area contributed by atoms with Crippen molar-refractivity contribution in [3.8, 4) is 27.8 Å². The molecule has 5 rings (SSSR count). The quantitative estimate of drug-likeness (QED) is 0.0378. The molecule has 0 fully saturated rings. The van der Waals surface area contributed by atoms with Crippen LogP contribution in [0.25, 0.3) is 10.4 Å². The molecular weight excluding hydrogens is 623 g/mol. The molecule has 3 aromatic carbocycles. The SMILES string of the molecule is Nc1ccc(OCCCOc2no[n+]([O-])c2S(=O)(=O)c2ccccc2)c(C(=O)Oc2ccc(-c3cc(=S)ss3)cc2)c1. The van der Waals surface area contributed by atoms with Crippen LogP contribution in [0, 0.1) is 9.03 Å². The number of hydrogen-bond acceptors (Lipinski definition) is 13. The highest BCUT2D eigenvalue weighted by molar-refractivity contribution is 7.91. The predicted molar refractivity (Wildman–Crippen MR) is 157 cm³/mol. The molecule has 0 unspecified atom stereocenters. The lowest BCUT2D eigenvalue weighted by atomic mass is 10.1. The zero-order valence-electron chi connectivity index (χ0n) is 21.5. The van der Waals surface area contributed by atoms with Crippen LogP contribution in [-0.2, 0) is 9.84 Å². The standard InChI is InChI=1S/C27H21N3O8S4/c28-18-9-12-22(21(15-18)27(31)37-19-10-7-17(8-11-19)23-16-24(39)41-40-23)35-13-4-14-36-25-26(30(32)38-29-25)42(33,34)20-5-2-1-3-6-20/h1-3,5-12,15-16H,4,13-14,28H2. The van der Waals surface area contributed by atoms with E-state index in [1.54, 1.807) is 40.7 Å². The molecule has 0 aliphatic carbocycles. The molecule has 11 nitrogen and oxygen atoms in total. The average Bonchev–Trinajstić information content (AvgIpc) is 3.59. The number of nitrogens with two attached hydrogens (primary N) is 1. The van der Waals surface area contributed by atoms with Crippen LogP contribution in [-0.4, -0.2) is 32.8 Å². The summed E-state index contributed by atoms with van der Waals surface area (Å²) in [6, 6.07) is 20.9. The van der Waals surface area contributed by atoms with E-state index in [-0.39, 0.29) is 40.7 Å². The lowest BCUT2D eigenvalue weighted by Gasteiger charge is -2.12. The fourth-order valence-electron chi connectivity index (χ4n) is 3.71. The van der Waals surface area contributed by atoms with Crippen LogP contribution in [0.1, 0.15) is 16.8 Å². The average molecular weight is 644 g/mol. The normalized spacial score (nSPS) is 11.2. The van der Waals surface area contributed by atoms with Crippen molar-refractivity contribution in [2.45, 2.75) is 16.3 Å². The fraction of sp³-hybridized carbons (Fsp3) is 0.111. The smallest absolute Gasteiger partial charge is 0.414 e. The van der Waals surface area contributed by atoms with Crippen LogP contribution in [0.3, 0.4) is 0 Å². The molecule has 0 spiro atoms. The molecule has 216 valence electrons. The van der Waals surface area contributed by atoms with Crippen molar-refractivity contribution in [2.75, 3.05) is 18.9 Å². The minimum Gasteiger partial charge on any atom is -0.493 e. The fourth-order valence-corrected chi connectivity index (χ4v) is 7.40. The molecule has 2 heterocycles. The maximum Gasteiger partial charge on any atom is 0.414 e. The molecule has 0 saturated heterocycles.